The second-order valence-corrected chi connectivity index (χ2v) is 5.18. The van der Waals surface area contributed by atoms with E-state index in [1.165, 1.54) is 0 Å². The van der Waals surface area contributed by atoms with Crippen molar-refractivity contribution in [3.05, 3.63) is 35.3 Å². The first kappa shape index (κ1) is 13.1. The molecule has 0 radical (unpaired) electrons. The Morgan fingerprint density at radius 1 is 1.33 bits per heavy atom. The van der Waals surface area contributed by atoms with Gasteiger partial charge >= 0.3 is 0 Å². The van der Waals surface area contributed by atoms with Crippen molar-refractivity contribution in [1.82, 2.24) is 5.32 Å². The molecule has 0 saturated carbocycles. The van der Waals surface area contributed by atoms with Gasteiger partial charge < -0.3 is 9.73 Å². The first-order valence-corrected chi connectivity index (χ1v) is 6.45. The molecule has 1 heterocycles. The summed E-state index contributed by atoms with van der Waals surface area (Å²) in [6.45, 7) is 8.00. The summed E-state index contributed by atoms with van der Waals surface area (Å²) in [5, 5.41) is 4.27. The number of aryl methyl sites for hydroxylation is 1. The van der Waals surface area contributed by atoms with Crippen molar-refractivity contribution in [2.75, 3.05) is 13.1 Å². The Labute approximate surface area is 107 Å². The molecule has 0 fully saturated rings. The number of hydrogen-bond acceptors (Lipinski definition) is 2. The minimum atomic E-state index is -0.242. The molecule has 3 heteroatoms. The average Bonchev–Trinajstić information content (AvgIpc) is 2.73. The predicted molar refractivity (Wildman–Crippen MR) is 72.3 cm³/mol. The zero-order valence-electron chi connectivity index (χ0n) is 11.2. The van der Waals surface area contributed by atoms with Gasteiger partial charge in [-0.25, -0.2) is 4.39 Å². The van der Waals surface area contributed by atoms with Gasteiger partial charge in [0.05, 0.1) is 6.26 Å². The summed E-state index contributed by atoms with van der Waals surface area (Å²) in [5.74, 6) is 0.403. The molecule has 0 aliphatic heterocycles. The van der Waals surface area contributed by atoms with Crippen LogP contribution in [0.3, 0.4) is 0 Å². The minimum Gasteiger partial charge on any atom is -0.461 e. The summed E-state index contributed by atoms with van der Waals surface area (Å²) in [5.41, 5.74) is 2.08. The molecule has 0 saturated heterocycles. The topological polar surface area (TPSA) is 25.2 Å². The van der Waals surface area contributed by atoms with Crippen LogP contribution in [-0.2, 0) is 6.42 Å². The summed E-state index contributed by atoms with van der Waals surface area (Å²) in [4.78, 5) is 0. The minimum absolute atomic E-state index is 0.242. The van der Waals surface area contributed by atoms with Crippen molar-refractivity contribution >= 4 is 11.0 Å². The Balaban J connectivity index is 2.08. The van der Waals surface area contributed by atoms with Gasteiger partial charge in [0.1, 0.15) is 0 Å². The number of hydrogen-bond donors (Lipinski definition) is 1. The standard InChI is InChI=1S/C15H20FNO/c1-10(2)8-17-7-6-12-9-18-15-13(12)5-4-11(3)14(15)16/h4-5,9-10,17H,6-8H2,1-3H3. The SMILES string of the molecule is Cc1ccc2c(CCNCC(C)C)coc2c1F. The van der Waals surface area contributed by atoms with Crippen LogP contribution in [0.2, 0.25) is 0 Å². The van der Waals surface area contributed by atoms with E-state index in [0.717, 1.165) is 30.5 Å². The maximum absolute atomic E-state index is 13.8. The van der Waals surface area contributed by atoms with Crippen molar-refractivity contribution in [3.8, 4) is 0 Å². The molecule has 1 N–H and O–H groups in total. The number of rotatable bonds is 5. The zero-order chi connectivity index (χ0) is 13.1. The van der Waals surface area contributed by atoms with E-state index in [1.54, 1.807) is 19.3 Å². The van der Waals surface area contributed by atoms with Crippen molar-refractivity contribution in [2.45, 2.75) is 27.2 Å². The van der Waals surface area contributed by atoms with Gasteiger partial charge in [-0.2, -0.15) is 0 Å². The summed E-state index contributed by atoms with van der Waals surface area (Å²) in [6, 6.07) is 3.74. The lowest BCUT2D eigenvalue weighted by molar-refractivity contribution is 0.545. The molecule has 0 atom stereocenters. The van der Waals surface area contributed by atoms with E-state index < -0.39 is 0 Å². The smallest absolute Gasteiger partial charge is 0.170 e. The zero-order valence-corrected chi connectivity index (χ0v) is 11.2. The highest BCUT2D eigenvalue weighted by Gasteiger charge is 2.11. The number of halogens is 1. The van der Waals surface area contributed by atoms with Crippen LogP contribution in [-0.4, -0.2) is 13.1 Å². The van der Waals surface area contributed by atoms with E-state index in [-0.39, 0.29) is 5.82 Å². The largest absolute Gasteiger partial charge is 0.461 e. The van der Waals surface area contributed by atoms with Gasteiger partial charge in [0.15, 0.2) is 11.4 Å². The second-order valence-electron chi connectivity index (χ2n) is 5.18. The number of benzene rings is 1. The Kier molecular flexibility index (Phi) is 4.02. The molecule has 0 bridgehead atoms. The van der Waals surface area contributed by atoms with E-state index in [1.807, 2.05) is 6.07 Å². The van der Waals surface area contributed by atoms with Crippen LogP contribution in [0.25, 0.3) is 11.0 Å². The van der Waals surface area contributed by atoms with Crippen LogP contribution in [0.1, 0.15) is 25.0 Å². The van der Waals surface area contributed by atoms with E-state index in [2.05, 4.69) is 19.2 Å². The lowest BCUT2D eigenvalue weighted by Gasteiger charge is -2.06. The van der Waals surface area contributed by atoms with Crippen molar-refractivity contribution in [1.29, 1.82) is 0 Å². The van der Waals surface area contributed by atoms with Crippen molar-refractivity contribution in [2.24, 2.45) is 5.92 Å². The Bertz CT molecular complexity index is 531. The van der Waals surface area contributed by atoms with Crippen LogP contribution >= 0.6 is 0 Å². The third kappa shape index (κ3) is 2.72. The summed E-state index contributed by atoms with van der Waals surface area (Å²) in [6.07, 6.45) is 2.53. The maximum atomic E-state index is 13.8. The van der Waals surface area contributed by atoms with Crippen LogP contribution < -0.4 is 5.32 Å². The molecule has 98 valence electrons. The molecule has 0 amide bonds. The quantitative estimate of drug-likeness (QED) is 0.818. The molecule has 2 rings (SSSR count). The predicted octanol–water partition coefficient (Wildman–Crippen LogP) is 3.67. The molecule has 2 aromatic rings. The molecule has 18 heavy (non-hydrogen) atoms. The van der Waals surface area contributed by atoms with Crippen molar-refractivity contribution < 1.29 is 8.81 Å². The highest BCUT2D eigenvalue weighted by molar-refractivity contribution is 5.82. The first-order chi connectivity index (χ1) is 8.59. The van der Waals surface area contributed by atoms with E-state index in [4.69, 9.17) is 4.42 Å². The Hall–Kier alpha value is -1.35. The average molecular weight is 249 g/mol. The third-order valence-corrected chi connectivity index (χ3v) is 3.08. The highest BCUT2D eigenvalue weighted by atomic mass is 19.1. The normalized spacial score (nSPS) is 11.6. The molecule has 1 aromatic carbocycles. The van der Waals surface area contributed by atoms with Gasteiger partial charge in [-0.1, -0.05) is 26.0 Å². The molecule has 0 aliphatic rings. The molecule has 0 unspecified atom stereocenters. The molecular weight excluding hydrogens is 229 g/mol. The van der Waals surface area contributed by atoms with E-state index in [0.29, 0.717) is 17.1 Å². The van der Waals surface area contributed by atoms with E-state index >= 15 is 0 Å². The van der Waals surface area contributed by atoms with Gasteiger partial charge in [-0.3, -0.25) is 0 Å². The van der Waals surface area contributed by atoms with Gasteiger partial charge in [0.25, 0.3) is 0 Å². The van der Waals surface area contributed by atoms with Crippen LogP contribution in [0.5, 0.6) is 0 Å². The molecular formula is C15H20FNO. The monoisotopic (exact) mass is 249 g/mol. The lowest BCUT2D eigenvalue weighted by atomic mass is 10.1. The van der Waals surface area contributed by atoms with E-state index in [9.17, 15) is 4.39 Å². The first-order valence-electron chi connectivity index (χ1n) is 6.45. The molecule has 0 aliphatic carbocycles. The number of nitrogens with one attached hydrogen (secondary N) is 1. The third-order valence-electron chi connectivity index (χ3n) is 3.08. The van der Waals surface area contributed by atoms with Crippen LogP contribution in [0.4, 0.5) is 4.39 Å². The van der Waals surface area contributed by atoms with Gasteiger partial charge in [0.2, 0.25) is 0 Å². The Morgan fingerprint density at radius 3 is 2.83 bits per heavy atom. The fourth-order valence-corrected chi connectivity index (χ4v) is 2.02. The number of fused-ring (bicyclic) bond motifs is 1. The van der Waals surface area contributed by atoms with Gasteiger partial charge in [-0.15, -0.1) is 0 Å². The Morgan fingerprint density at radius 2 is 2.11 bits per heavy atom. The van der Waals surface area contributed by atoms with Crippen molar-refractivity contribution in [3.63, 3.8) is 0 Å². The van der Waals surface area contributed by atoms with Crippen LogP contribution in [0.15, 0.2) is 22.8 Å². The fourth-order valence-electron chi connectivity index (χ4n) is 2.02. The molecule has 1 aromatic heterocycles. The number of furan rings is 1. The fraction of sp³-hybridized carbons (Fsp3) is 0.467. The maximum Gasteiger partial charge on any atom is 0.170 e. The summed E-state index contributed by atoms with van der Waals surface area (Å²) < 4.78 is 19.1. The molecule has 0 spiro atoms. The molecule has 2 nitrogen and oxygen atoms in total. The summed E-state index contributed by atoms with van der Waals surface area (Å²) >= 11 is 0. The summed E-state index contributed by atoms with van der Waals surface area (Å²) in [7, 11) is 0. The highest BCUT2D eigenvalue weighted by Crippen LogP contribution is 2.25. The van der Waals surface area contributed by atoms with Gasteiger partial charge in [-0.05, 0) is 43.5 Å². The van der Waals surface area contributed by atoms with Crippen LogP contribution in [0, 0.1) is 18.7 Å². The van der Waals surface area contributed by atoms with Gasteiger partial charge in [0, 0.05) is 5.39 Å². The second kappa shape index (κ2) is 5.53. The lowest BCUT2D eigenvalue weighted by Crippen LogP contribution is -2.21.